The Hall–Kier alpha value is -1.92. The topological polar surface area (TPSA) is 113 Å². The van der Waals surface area contributed by atoms with E-state index in [1.807, 2.05) is 10.9 Å². The van der Waals surface area contributed by atoms with Crippen molar-refractivity contribution in [1.29, 1.82) is 0 Å². The van der Waals surface area contributed by atoms with Crippen molar-refractivity contribution in [3.05, 3.63) is 6.20 Å². The molecule has 1 amide bonds. The Morgan fingerprint density at radius 1 is 1.15 bits per heavy atom. The third-order valence-corrected chi connectivity index (χ3v) is 8.33. The Labute approximate surface area is 199 Å². The van der Waals surface area contributed by atoms with Gasteiger partial charge in [0.2, 0.25) is 15.9 Å². The van der Waals surface area contributed by atoms with Crippen molar-refractivity contribution in [1.82, 2.24) is 29.4 Å². The predicted molar refractivity (Wildman–Crippen MR) is 130 cm³/mol. The quantitative estimate of drug-likeness (QED) is 0.435. The molecule has 0 atom stereocenters. The van der Waals surface area contributed by atoms with Gasteiger partial charge in [-0.1, -0.05) is 18.7 Å². The van der Waals surface area contributed by atoms with Crippen molar-refractivity contribution in [2.24, 2.45) is 5.92 Å². The second-order valence-corrected chi connectivity index (χ2v) is 11.9. The molecule has 0 bridgehead atoms. The summed E-state index contributed by atoms with van der Waals surface area (Å²) in [4.78, 5) is 24.5. The Balaban J connectivity index is 1.40. The number of amides is 1. The van der Waals surface area contributed by atoms with Gasteiger partial charge in [-0.2, -0.15) is 5.10 Å². The van der Waals surface area contributed by atoms with Crippen molar-refractivity contribution < 1.29 is 13.2 Å². The predicted octanol–water partition coefficient (Wildman–Crippen LogP) is 1.72. The van der Waals surface area contributed by atoms with Crippen molar-refractivity contribution in [3.8, 4) is 0 Å². The fourth-order valence-corrected chi connectivity index (χ4v) is 5.94. The molecular formula is C21H33N7O3S2. The lowest BCUT2D eigenvalue weighted by atomic mass is 9.97. The number of hydrogen-bond donors (Lipinski definition) is 1. The zero-order valence-corrected chi connectivity index (χ0v) is 21.0. The van der Waals surface area contributed by atoms with Crippen LogP contribution in [-0.2, 0) is 21.4 Å². The molecule has 0 radical (unpaired) electrons. The van der Waals surface area contributed by atoms with Crippen LogP contribution in [0.4, 0.5) is 5.82 Å². The van der Waals surface area contributed by atoms with E-state index in [1.54, 1.807) is 11.8 Å². The number of piperidine rings is 2. The third-order valence-electron chi connectivity index (χ3n) is 6.30. The maximum atomic E-state index is 12.6. The van der Waals surface area contributed by atoms with E-state index in [9.17, 15) is 13.2 Å². The number of rotatable bonds is 8. The first kappa shape index (κ1) is 24.2. The normalized spacial score (nSPS) is 18.7. The number of fused-ring (bicyclic) bond motifs is 1. The number of sulfonamides is 1. The minimum absolute atomic E-state index is 0.0227. The van der Waals surface area contributed by atoms with E-state index in [1.165, 1.54) is 29.8 Å². The second kappa shape index (κ2) is 10.6. The van der Waals surface area contributed by atoms with Gasteiger partial charge < -0.3 is 10.2 Å². The molecular weight excluding hydrogens is 462 g/mol. The SMILES string of the molecule is CCSc1nc(N2CCCCC2)c2cnn(CCNC(=O)C3CCN(S(C)(=O)=O)CC3)c2n1. The lowest BCUT2D eigenvalue weighted by Gasteiger charge is -2.29. The summed E-state index contributed by atoms with van der Waals surface area (Å²) < 4.78 is 26.6. The van der Waals surface area contributed by atoms with E-state index in [0.29, 0.717) is 39.0 Å². The molecule has 0 aromatic carbocycles. The van der Waals surface area contributed by atoms with Crippen molar-refractivity contribution in [3.63, 3.8) is 0 Å². The second-order valence-electron chi connectivity index (χ2n) is 8.64. The van der Waals surface area contributed by atoms with E-state index in [-0.39, 0.29) is 11.8 Å². The minimum Gasteiger partial charge on any atom is -0.356 e. The van der Waals surface area contributed by atoms with E-state index >= 15 is 0 Å². The van der Waals surface area contributed by atoms with Crippen LogP contribution in [0.25, 0.3) is 11.0 Å². The van der Waals surface area contributed by atoms with Gasteiger partial charge in [0.05, 0.1) is 24.4 Å². The Morgan fingerprint density at radius 2 is 1.88 bits per heavy atom. The number of nitrogens with zero attached hydrogens (tertiary/aromatic N) is 6. The molecule has 2 aromatic rings. The number of carbonyl (C=O) groups excluding carboxylic acids is 1. The highest BCUT2D eigenvalue weighted by Crippen LogP contribution is 2.29. The van der Waals surface area contributed by atoms with Gasteiger partial charge in [0.15, 0.2) is 10.8 Å². The monoisotopic (exact) mass is 495 g/mol. The highest BCUT2D eigenvalue weighted by atomic mass is 32.2. The summed E-state index contributed by atoms with van der Waals surface area (Å²) >= 11 is 1.62. The summed E-state index contributed by atoms with van der Waals surface area (Å²) in [7, 11) is -3.19. The molecule has 2 saturated heterocycles. The van der Waals surface area contributed by atoms with Gasteiger partial charge in [-0.15, -0.1) is 0 Å². The van der Waals surface area contributed by atoms with Crippen molar-refractivity contribution in [2.45, 2.75) is 50.7 Å². The number of aromatic nitrogens is 4. The minimum atomic E-state index is -3.19. The molecule has 33 heavy (non-hydrogen) atoms. The Morgan fingerprint density at radius 3 is 2.55 bits per heavy atom. The molecule has 0 spiro atoms. The van der Waals surface area contributed by atoms with Gasteiger partial charge in [0.25, 0.3) is 0 Å². The highest BCUT2D eigenvalue weighted by molar-refractivity contribution is 7.99. The van der Waals surface area contributed by atoms with Crippen molar-refractivity contribution in [2.75, 3.05) is 49.6 Å². The van der Waals surface area contributed by atoms with E-state index in [4.69, 9.17) is 9.97 Å². The molecule has 12 heteroatoms. The van der Waals surface area contributed by atoms with E-state index in [2.05, 4.69) is 22.2 Å². The summed E-state index contributed by atoms with van der Waals surface area (Å²) in [6.07, 6.45) is 7.75. The lowest BCUT2D eigenvalue weighted by Crippen LogP contribution is -2.43. The standard InChI is InChI=1S/C21H33N7O3S2/c1-3-32-21-24-18(26-10-5-4-6-11-26)17-15-23-28(19(17)25-21)14-9-22-20(29)16-7-12-27(13-8-16)33(2,30)31/h15-16H,3-14H2,1-2H3,(H,22,29). The van der Waals surface area contributed by atoms with Crippen LogP contribution in [0.5, 0.6) is 0 Å². The molecule has 2 aromatic heterocycles. The van der Waals surface area contributed by atoms with Gasteiger partial charge in [0, 0.05) is 38.6 Å². The maximum absolute atomic E-state index is 12.6. The molecule has 0 saturated carbocycles. The largest absolute Gasteiger partial charge is 0.356 e. The van der Waals surface area contributed by atoms with Crippen LogP contribution < -0.4 is 10.2 Å². The summed E-state index contributed by atoms with van der Waals surface area (Å²) in [6.45, 7) is 5.85. The summed E-state index contributed by atoms with van der Waals surface area (Å²) in [5.74, 6) is 1.68. The summed E-state index contributed by atoms with van der Waals surface area (Å²) in [6, 6.07) is 0. The van der Waals surface area contributed by atoms with Crippen LogP contribution in [0.1, 0.15) is 39.0 Å². The van der Waals surface area contributed by atoms with E-state index < -0.39 is 10.0 Å². The van der Waals surface area contributed by atoms with Crippen molar-refractivity contribution >= 4 is 44.5 Å². The molecule has 2 aliphatic heterocycles. The number of carbonyl (C=O) groups is 1. The fraction of sp³-hybridized carbons (Fsp3) is 0.714. The third kappa shape index (κ3) is 5.78. The molecule has 10 nitrogen and oxygen atoms in total. The Kier molecular flexibility index (Phi) is 7.75. The highest BCUT2D eigenvalue weighted by Gasteiger charge is 2.28. The van der Waals surface area contributed by atoms with Gasteiger partial charge in [-0.3, -0.25) is 4.79 Å². The molecule has 182 valence electrons. The van der Waals surface area contributed by atoms with Gasteiger partial charge in [-0.25, -0.2) is 27.4 Å². The summed E-state index contributed by atoms with van der Waals surface area (Å²) in [5, 5.41) is 9.27. The van der Waals surface area contributed by atoms with Gasteiger partial charge in [-0.05, 0) is 37.9 Å². The average Bonchev–Trinajstić information content (AvgIpc) is 3.21. The first-order chi connectivity index (χ1) is 15.9. The molecule has 4 rings (SSSR count). The fourth-order valence-electron chi connectivity index (χ4n) is 4.50. The van der Waals surface area contributed by atoms with Gasteiger partial charge >= 0.3 is 0 Å². The van der Waals surface area contributed by atoms with Crippen LogP contribution >= 0.6 is 11.8 Å². The molecule has 1 N–H and O–H groups in total. The molecule has 2 aliphatic rings. The Bertz CT molecular complexity index is 1070. The van der Waals surface area contributed by atoms with Crippen LogP contribution in [0.3, 0.4) is 0 Å². The lowest BCUT2D eigenvalue weighted by molar-refractivity contribution is -0.126. The summed E-state index contributed by atoms with van der Waals surface area (Å²) in [5.41, 5.74) is 0.803. The number of hydrogen-bond acceptors (Lipinski definition) is 8. The van der Waals surface area contributed by atoms with E-state index in [0.717, 1.165) is 40.9 Å². The zero-order chi connectivity index (χ0) is 23.4. The van der Waals surface area contributed by atoms with Gasteiger partial charge in [0.1, 0.15) is 5.82 Å². The molecule has 0 unspecified atom stereocenters. The van der Waals surface area contributed by atoms with Crippen LogP contribution in [-0.4, -0.2) is 83.1 Å². The number of anilines is 1. The number of nitrogens with one attached hydrogen (secondary N) is 1. The molecule has 2 fully saturated rings. The smallest absolute Gasteiger partial charge is 0.223 e. The maximum Gasteiger partial charge on any atom is 0.223 e. The van der Waals surface area contributed by atoms with Crippen LogP contribution in [0, 0.1) is 5.92 Å². The first-order valence-corrected chi connectivity index (χ1v) is 14.5. The zero-order valence-electron chi connectivity index (χ0n) is 19.4. The molecule has 4 heterocycles. The number of thioether (sulfide) groups is 1. The first-order valence-electron chi connectivity index (χ1n) is 11.7. The molecule has 0 aliphatic carbocycles. The average molecular weight is 496 g/mol. The van der Waals surface area contributed by atoms with Crippen LogP contribution in [0.2, 0.25) is 0 Å². The van der Waals surface area contributed by atoms with Crippen LogP contribution in [0.15, 0.2) is 11.4 Å².